The Morgan fingerprint density at radius 2 is 2.17 bits per heavy atom. The monoisotopic (exact) mass is 251 g/mol. The average molecular weight is 251 g/mol. The van der Waals surface area contributed by atoms with Gasteiger partial charge in [-0.15, -0.1) is 0 Å². The summed E-state index contributed by atoms with van der Waals surface area (Å²) in [5.41, 5.74) is 1.36. The first kappa shape index (κ1) is 12.6. The molecule has 0 bridgehead atoms. The van der Waals surface area contributed by atoms with Gasteiger partial charge in [0, 0.05) is 31.3 Å². The van der Waals surface area contributed by atoms with E-state index < -0.39 is 12.0 Å². The van der Waals surface area contributed by atoms with Crippen LogP contribution in [0.1, 0.15) is 37.1 Å². The molecule has 98 valence electrons. The Balaban J connectivity index is 2.41. The number of hydrogen-bond acceptors (Lipinski definition) is 3. The summed E-state index contributed by atoms with van der Waals surface area (Å²) in [5, 5.41) is 13.5. The Labute approximate surface area is 105 Å². The first-order valence-electron chi connectivity index (χ1n) is 5.93. The molecule has 18 heavy (non-hydrogen) atoms. The summed E-state index contributed by atoms with van der Waals surface area (Å²) >= 11 is 0. The van der Waals surface area contributed by atoms with Gasteiger partial charge in [-0.2, -0.15) is 5.10 Å². The first-order chi connectivity index (χ1) is 8.43. The lowest BCUT2D eigenvalue weighted by atomic mass is 10.1. The number of carbonyl (C=O) groups is 2. The molecule has 0 radical (unpaired) electrons. The molecule has 6 heteroatoms. The maximum atomic E-state index is 11.7. The fourth-order valence-electron chi connectivity index (χ4n) is 2.19. The topological polar surface area (TPSA) is 75.4 Å². The summed E-state index contributed by atoms with van der Waals surface area (Å²) in [6.45, 7) is 3.23. The highest BCUT2D eigenvalue weighted by Gasteiger charge is 2.41. The average Bonchev–Trinajstić information content (AvgIpc) is 3.05. The van der Waals surface area contributed by atoms with Crippen molar-refractivity contribution < 1.29 is 14.7 Å². The molecule has 1 aliphatic rings. The van der Waals surface area contributed by atoms with Gasteiger partial charge in [-0.3, -0.25) is 9.48 Å². The third-order valence-corrected chi connectivity index (χ3v) is 3.38. The van der Waals surface area contributed by atoms with Crippen molar-refractivity contribution in [3.8, 4) is 0 Å². The normalized spacial score (nSPS) is 16.4. The van der Waals surface area contributed by atoms with Gasteiger partial charge in [0.05, 0.1) is 6.20 Å². The Morgan fingerprint density at radius 3 is 2.50 bits per heavy atom. The molecule has 6 nitrogen and oxygen atoms in total. The number of nitrogens with zero attached hydrogens (tertiary/aromatic N) is 3. The predicted molar refractivity (Wildman–Crippen MR) is 63.9 cm³/mol. The van der Waals surface area contributed by atoms with Crippen LogP contribution < -0.4 is 0 Å². The third kappa shape index (κ3) is 2.10. The Bertz CT molecular complexity index is 491. The van der Waals surface area contributed by atoms with E-state index in [9.17, 15) is 14.7 Å². The summed E-state index contributed by atoms with van der Waals surface area (Å²) in [4.78, 5) is 24.7. The zero-order valence-corrected chi connectivity index (χ0v) is 10.8. The van der Waals surface area contributed by atoms with E-state index in [1.807, 2.05) is 6.92 Å². The van der Waals surface area contributed by atoms with Gasteiger partial charge in [-0.05, 0) is 19.8 Å². The van der Waals surface area contributed by atoms with Crippen molar-refractivity contribution in [3.63, 3.8) is 0 Å². The largest absolute Gasteiger partial charge is 0.479 e. The van der Waals surface area contributed by atoms with Crippen LogP contribution in [0.3, 0.4) is 0 Å². The number of carbonyl (C=O) groups excluding carboxylic acids is 1. The molecule has 1 N–H and O–H groups in total. The number of rotatable bonds is 4. The fraction of sp³-hybridized carbons (Fsp3) is 0.583. The zero-order chi connectivity index (χ0) is 13.4. The third-order valence-electron chi connectivity index (χ3n) is 3.38. The summed E-state index contributed by atoms with van der Waals surface area (Å²) in [6, 6.07) is -0.869. The Morgan fingerprint density at radius 1 is 1.56 bits per heavy atom. The SMILES string of the molecule is CC(=O)N(C1CC1)C(C(=O)O)c1cnn(C)c1C. The van der Waals surface area contributed by atoms with Crippen LogP contribution in [0.2, 0.25) is 0 Å². The first-order valence-corrected chi connectivity index (χ1v) is 5.93. The number of aromatic nitrogens is 2. The van der Waals surface area contributed by atoms with Gasteiger partial charge in [-0.25, -0.2) is 4.79 Å². The quantitative estimate of drug-likeness (QED) is 0.861. The molecule has 1 aromatic heterocycles. The minimum absolute atomic E-state index is 0.0585. The van der Waals surface area contributed by atoms with Gasteiger partial charge in [0.2, 0.25) is 5.91 Å². The van der Waals surface area contributed by atoms with Gasteiger partial charge < -0.3 is 10.0 Å². The summed E-state index contributed by atoms with van der Waals surface area (Å²) < 4.78 is 1.62. The number of aryl methyl sites for hydroxylation is 1. The maximum Gasteiger partial charge on any atom is 0.331 e. The van der Waals surface area contributed by atoms with Crippen LogP contribution in [0, 0.1) is 6.92 Å². The van der Waals surface area contributed by atoms with Crippen LogP contribution >= 0.6 is 0 Å². The molecular weight excluding hydrogens is 234 g/mol. The summed E-state index contributed by atoms with van der Waals surface area (Å²) in [5.74, 6) is -1.21. The molecule has 1 saturated carbocycles. The van der Waals surface area contributed by atoms with Gasteiger partial charge in [0.1, 0.15) is 0 Å². The predicted octanol–water partition coefficient (Wildman–Crippen LogP) is 0.865. The molecule has 1 unspecified atom stereocenters. The van der Waals surface area contributed by atoms with Crippen LogP contribution in [-0.2, 0) is 16.6 Å². The van der Waals surface area contributed by atoms with Crippen molar-refractivity contribution in [3.05, 3.63) is 17.5 Å². The number of aliphatic carboxylic acids is 1. The molecule has 1 aliphatic carbocycles. The lowest BCUT2D eigenvalue weighted by Gasteiger charge is -2.27. The van der Waals surface area contributed by atoms with Crippen molar-refractivity contribution in [1.29, 1.82) is 0 Å². The molecule has 0 aliphatic heterocycles. The second kappa shape index (κ2) is 4.44. The zero-order valence-electron chi connectivity index (χ0n) is 10.8. The second-order valence-corrected chi connectivity index (χ2v) is 4.71. The second-order valence-electron chi connectivity index (χ2n) is 4.71. The van der Waals surface area contributed by atoms with E-state index in [1.54, 1.807) is 11.7 Å². The standard InChI is InChI=1S/C12H17N3O3/c1-7-10(6-13-14(7)3)11(12(17)18)15(8(2)16)9-4-5-9/h6,9,11H,4-5H2,1-3H3,(H,17,18). The molecule has 1 fully saturated rings. The number of amides is 1. The van der Waals surface area contributed by atoms with Crippen LogP contribution in [0.25, 0.3) is 0 Å². The lowest BCUT2D eigenvalue weighted by molar-refractivity contribution is -0.150. The van der Waals surface area contributed by atoms with Crippen LogP contribution in [0.15, 0.2) is 6.20 Å². The highest BCUT2D eigenvalue weighted by atomic mass is 16.4. The number of hydrogen-bond donors (Lipinski definition) is 1. The highest BCUT2D eigenvalue weighted by molar-refractivity contribution is 5.84. The summed E-state index contributed by atoms with van der Waals surface area (Å²) in [7, 11) is 1.76. The summed E-state index contributed by atoms with van der Waals surface area (Å²) in [6.07, 6.45) is 3.29. The van der Waals surface area contributed by atoms with Crippen molar-refractivity contribution in [2.75, 3.05) is 0 Å². The number of carboxylic acids is 1. The van der Waals surface area contributed by atoms with Gasteiger partial charge in [0.15, 0.2) is 6.04 Å². The molecule has 1 heterocycles. The van der Waals surface area contributed by atoms with Crippen LogP contribution in [0.5, 0.6) is 0 Å². The van der Waals surface area contributed by atoms with Gasteiger partial charge in [0.25, 0.3) is 0 Å². The minimum atomic E-state index is -1.01. The van der Waals surface area contributed by atoms with E-state index in [2.05, 4.69) is 5.10 Å². The van der Waals surface area contributed by atoms with E-state index in [0.29, 0.717) is 5.56 Å². The molecule has 1 atom stereocenters. The molecule has 1 amide bonds. The van der Waals surface area contributed by atoms with Crippen molar-refractivity contribution >= 4 is 11.9 Å². The Kier molecular flexibility index (Phi) is 3.11. The van der Waals surface area contributed by atoms with E-state index >= 15 is 0 Å². The van der Waals surface area contributed by atoms with Gasteiger partial charge >= 0.3 is 5.97 Å². The molecule has 0 saturated heterocycles. The smallest absolute Gasteiger partial charge is 0.331 e. The number of carboxylic acid groups (broad SMARTS) is 1. The van der Waals surface area contributed by atoms with E-state index in [-0.39, 0.29) is 11.9 Å². The minimum Gasteiger partial charge on any atom is -0.479 e. The van der Waals surface area contributed by atoms with Crippen molar-refractivity contribution in [2.45, 2.75) is 38.8 Å². The molecule has 1 aromatic rings. The van der Waals surface area contributed by atoms with E-state index in [0.717, 1.165) is 18.5 Å². The Hall–Kier alpha value is -1.85. The van der Waals surface area contributed by atoms with E-state index in [4.69, 9.17) is 0 Å². The molecule has 0 spiro atoms. The van der Waals surface area contributed by atoms with Crippen molar-refractivity contribution in [2.24, 2.45) is 7.05 Å². The molecular formula is C12H17N3O3. The van der Waals surface area contributed by atoms with E-state index in [1.165, 1.54) is 18.0 Å². The lowest BCUT2D eigenvalue weighted by Crippen LogP contribution is -2.39. The van der Waals surface area contributed by atoms with Crippen LogP contribution in [-0.4, -0.2) is 37.7 Å². The molecule has 2 rings (SSSR count). The molecule has 0 aromatic carbocycles. The van der Waals surface area contributed by atoms with Crippen molar-refractivity contribution in [1.82, 2.24) is 14.7 Å². The van der Waals surface area contributed by atoms with Crippen LogP contribution in [0.4, 0.5) is 0 Å². The highest BCUT2D eigenvalue weighted by Crippen LogP contribution is 2.35. The maximum absolute atomic E-state index is 11.7. The fourth-order valence-corrected chi connectivity index (χ4v) is 2.19. The van der Waals surface area contributed by atoms with Gasteiger partial charge in [-0.1, -0.05) is 0 Å².